The van der Waals surface area contributed by atoms with Gasteiger partial charge in [0, 0.05) is 12.2 Å². The minimum absolute atomic E-state index is 0.0221. The molecule has 2 aromatic carbocycles. The Labute approximate surface area is 147 Å². The lowest BCUT2D eigenvalue weighted by molar-refractivity contribution is -0.118. The van der Waals surface area contributed by atoms with Crippen LogP contribution in [0.3, 0.4) is 0 Å². The number of fused-ring (bicyclic) bond motifs is 1. The number of nitrogens with one attached hydrogen (secondary N) is 1. The van der Waals surface area contributed by atoms with Crippen molar-refractivity contribution in [3.05, 3.63) is 53.6 Å². The number of rotatable bonds is 4. The van der Waals surface area contributed by atoms with Gasteiger partial charge in [-0.1, -0.05) is 18.2 Å². The lowest BCUT2D eigenvalue weighted by Gasteiger charge is -2.22. The van der Waals surface area contributed by atoms with Crippen LogP contribution in [0.15, 0.2) is 42.5 Å². The summed E-state index contributed by atoms with van der Waals surface area (Å²) in [7, 11) is 0. The van der Waals surface area contributed by atoms with Crippen molar-refractivity contribution < 1.29 is 14.3 Å². The summed E-state index contributed by atoms with van der Waals surface area (Å²) in [6.45, 7) is 4.95. The highest BCUT2D eigenvalue weighted by atomic mass is 16.5. The average molecular weight is 338 g/mol. The molecule has 0 saturated carbocycles. The first kappa shape index (κ1) is 17.0. The molecule has 1 heterocycles. The minimum atomic E-state index is -0.0721. The summed E-state index contributed by atoms with van der Waals surface area (Å²) in [5.74, 6) is 0.596. The number of ether oxygens (including phenoxy) is 1. The van der Waals surface area contributed by atoms with E-state index in [9.17, 15) is 9.59 Å². The fraction of sp³-hybridized carbons (Fsp3) is 0.300. The Morgan fingerprint density at radius 2 is 2.08 bits per heavy atom. The molecule has 0 aliphatic carbocycles. The Morgan fingerprint density at radius 1 is 1.24 bits per heavy atom. The lowest BCUT2D eigenvalue weighted by atomic mass is 10.1. The van der Waals surface area contributed by atoms with Gasteiger partial charge in [-0.3, -0.25) is 9.59 Å². The highest BCUT2D eigenvalue weighted by Gasteiger charge is 2.18. The van der Waals surface area contributed by atoms with Crippen LogP contribution < -0.4 is 15.0 Å². The maximum atomic E-state index is 12.8. The van der Waals surface area contributed by atoms with Crippen LogP contribution in [-0.4, -0.2) is 25.0 Å². The van der Waals surface area contributed by atoms with Crippen LogP contribution in [0, 0.1) is 6.92 Å². The Morgan fingerprint density at radius 3 is 2.84 bits per heavy atom. The monoisotopic (exact) mass is 338 g/mol. The second-order valence-corrected chi connectivity index (χ2v) is 6.13. The zero-order chi connectivity index (χ0) is 17.8. The first-order valence-corrected chi connectivity index (χ1v) is 8.49. The van der Waals surface area contributed by atoms with E-state index in [1.54, 1.807) is 4.90 Å². The molecule has 5 heteroatoms. The van der Waals surface area contributed by atoms with E-state index in [1.165, 1.54) is 0 Å². The summed E-state index contributed by atoms with van der Waals surface area (Å²) in [5, 5.41) is 2.83. The molecule has 0 fully saturated rings. The zero-order valence-corrected chi connectivity index (χ0v) is 14.5. The van der Waals surface area contributed by atoms with E-state index >= 15 is 0 Å². The Bertz CT molecular complexity index is 801. The van der Waals surface area contributed by atoms with Crippen LogP contribution in [0.1, 0.15) is 24.5 Å². The van der Waals surface area contributed by atoms with E-state index in [4.69, 9.17) is 4.74 Å². The van der Waals surface area contributed by atoms with E-state index in [1.807, 2.05) is 56.3 Å². The largest absolute Gasteiger partial charge is 0.491 e. The molecule has 0 spiro atoms. The summed E-state index contributed by atoms with van der Waals surface area (Å²) in [6, 6.07) is 13.4. The van der Waals surface area contributed by atoms with Gasteiger partial charge in [-0.05, 0) is 49.2 Å². The predicted molar refractivity (Wildman–Crippen MR) is 98.1 cm³/mol. The van der Waals surface area contributed by atoms with Crippen molar-refractivity contribution in [3.8, 4) is 5.75 Å². The van der Waals surface area contributed by atoms with Crippen LogP contribution >= 0.6 is 0 Å². The number of likely N-dealkylation sites (N-methyl/N-ethyl adjacent to an activating group) is 1. The van der Waals surface area contributed by atoms with Crippen LogP contribution in [0.2, 0.25) is 0 Å². The van der Waals surface area contributed by atoms with Crippen LogP contribution in [-0.2, 0) is 16.0 Å². The van der Waals surface area contributed by atoms with Gasteiger partial charge in [0.2, 0.25) is 11.8 Å². The molecule has 2 amide bonds. The predicted octanol–water partition coefficient (Wildman–Crippen LogP) is 3.31. The van der Waals surface area contributed by atoms with Crippen molar-refractivity contribution in [1.29, 1.82) is 0 Å². The second kappa shape index (κ2) is 7.38. The van der Waals surface area contributed by atoms with Gasteiger partial charge in [-0.15, -0.1) is 0 Å². The number of hydrogen-bond donors (Lipinski definition) is 1. The smallest absolute Gasteiger partial charge is 0.231 e. The molecular formula is C20H22N2O3. The standard InChI is InChI=1S/C20H22N2O3/c1-3-22(16-6-4-5-14(2)11-16)20(24)13-15-7-8-18-17(12-15)21-19(23)9-10-25-18/h4-8,11-12H,3,9-10,13H2,1-2H3,(H,21,23). The third-order valence-electron chi connectivity index (χ3n) is 4.19. The summed E-state index contributed by atoms with van der Waals surface area (Å²) < 4.78 is 5.55. The average Bonchev–Trinajstić information content (AvgIpc) is 2.75. The molecule has 25 heavy (non-hydrogen) atoms. The molecule has 3 rings (SSSR count). The molecule has 0 saturated heterocycles. The normalized spacial score (nSPS) is 13.3. The highest BCUT2D eigenvalue weighted by Crippen LogP contribution is 2.28. The van der Waals surface area contributed by atoms with Gasteiger partial charge in [0.1, 0.15) is 5.75 Å². The molecular weight excluding hydrogens is 316 g/mol. The molecule has 130 valence electrons. The fourth-order valence-electron chi connectivity index (χ4n) is 2.95. The lowest BCUT2D eigenvalue weighted by Crippen LogP contribution is -2.32. The summed E-state index contributed by atoms with van der Waals surface area (Å²) in [6.07, 6.45) is 0.602. The number of aryl methyl sites for hydroxylation is 1. The topological polar surface area (TPSA) is 58.6 Å². The highest BCUT2D eigenvalue weighted by molar-refractivity contribution is 5.96. The van der Waals surface area contributed by atoms with E-state index in [0.29, 0.717) is 31.0 Å². The van der Waals surface area contributed by atoms with Crippen molar-refractivity contribution in [2.75, 3.05) is 23.4 Å². The van der Waals surface area contributed by atoms with Gasteiger partial charge in [0.15, 0.2) is 0 Å². The van der Waals surface area contributed by atoms with Crippen molar-refractivity contribution in [3.63, 3.8) is 0 Å². The molecule has 0 atom stereocenters. The number of carbonyl (C=O) groups is 2. The van der Waals surface area contributed by atoms with Crippen molar-refractivity contribution in [2.24, 2.45) is 0 Å². The Balaban J connectivity index is 1.79. The molecule has 0 radical (unpaired) electrons. The van der Waals surface area contributed by atoms with Crippen molar-refractivity contribution in [2.45, 2.75) is 26.7 Å². The minimum Gasteiger partial charge on any atom is -0.491 e. The number of carbonyl (C=O) groups excluding carboxylic acids is 2. The van der Waals surface area contributed by atoms with Gasteiger partial charge in [-0.2, -0.15) is 0 Å². The molecule has 1 aliphatic rings. The van der Waals surface area contributed by atoms with Gasteiger partial charge in [0.05, 0.1) is 25.1 Å². The SMILES string of the molecule is CCN(C(=O)Cc1ccc2c(c1)NC(=O)CCO2)c1cccc(C)c1. The first-order valence-electron chi connectivity index (χ1n) is 8.49. The van der Waals surface area contributed by atoms with E-state index in [-0.39, 0.29) is 18.2 Å². The molecule has 1 aliphatic heterocycles. The third-order valence-corrected chi connectivity index (χ3v) is 4.19. The summed E-state index contributed by atoms with van der Waals surface area (Å²) in [5.41, 5.74) is 3.50. The Hall–Kier alpha value is -2.82. The molecule has 0 unspecified atom stereocenters. The summed E-state index contributed by atoms with van der Waals surface area (Å²) >= 11 is 0. The van der Waals surface area contributed by atoms with E-state index < -0.39 is 0 Å². The van der Waals surface area contributed by atoms with Crippen molar-refractivity contribution >= 4 is 23.2 Å². The molecule has 0 bridgehead atoms. The van der Waals surface area contributed by atoms with Crippen LogP contribution in [0.4, 0.5) is 11.4 Å². The van der Waals surface area contributed by atoms with Gasteiger partial charge >= 0.3 is 0 Å². The van der Waals surface area contributed by atoms with E-state index in [0.717, 1.165) is 16.8 Å². The zero-order valence-electron chi connectivity index (χ0n) is 14.5. The van der Waals surface area contributed by atoms with Gasteiger partial charge in [-0.25, -0.2) is 0 Å². The quantitative estimate of drug-likeness (QED) is 0.930. The number of nitrogens with zero attached hydrogens (tertiary/aromatic N) is 1. The summed E-state index contributed by atoms with van der Waals surface area (Å²) in [4.78, 5) is 26.2. The van der Waals surface area contributed by atoms with Crippen molar-refractivity contribution in [1.82, 2.24) is 0 Å². The fourth-order valence-corrected chi connectivity index (χ4v) is 2.95. The molecule has 0 aromatic heterocycles. The first-order chi connectivity index (χ1) is 12.1. The number of anilines is 2. The molecule has 1 N–H and O–H groups in total. The number of hydrogen-bond acceptors (Lipinski definition) is 3. The van der Waals surface area contributed by atoms with Crippen LogP contribution in [0.5, 0.6) is 5.75 Å². The third kappa shape index (κ3) is 3.99. The Kier molecular flexibility index (Phi) is 5.03. The number of benzene rings is 2. The molecule has 2 aromatic rings. The van der Waals surface area contributed by atoms with Gasteiger partial charge in [0.25, 0.3) is 0 Å². The molecule has 5 nitrogen and oxygen atoms in total. The maximum Gasteiger partial charge on any atom is 0.231 e. The van der Waals surface area contributed by atoms with E-state index in [2.05, 4.69) is 5.32 Å². The number of amides is 2. The second-order valence-electron chi connectivity index (χ2n) is 6.13. The van der Waals surface area contributed by atoms with Gasteiger partial charge < -0.3 is 15.0 Å². The maximum absolute atomic E-state index is 12.8. The van der Waals surface area contributed by atoms with Crippen LogP contribution in [0.25, 0.3) is 0 Å².